The minimum absolute atomic E-state index is 0.701. The van der Waals surface area contributed by atoms with Crippen molar-refractivity contribution in [2.75, 3.05) is 13.6 Å². The summed E-state index contributed by atoms with van der Waals surface area (Å²) in [4.78, 5) is 2.51. The molecule has 0 radical (unpaired) electrons. The third kappa shape index (κ3) is 0.956. The average molecular weight is 140 g/mol. The highest BCUT2D eigenvalue weighted by Crippen LogP contribution is 2.24. The first-order valence-electron chi connectivity index (χ1n) is 4.33. The predicted molar refractivity (Wildman–Crippen MR) is 41.8 cm³/mol. The van der Waals surface area contributed by atoms with Gasteiger partial charge in [-0.05, 0) is 39.3 Å². The summed E-state index contributed by atoms with van der Waals surface area (Å²) in [6, 6.07) is 0.889. The standard InChI is InChI=1S/C8H16N2/c1-10-7-3-2-4-8(10)9-6-5-7/h7-9H,2-6H2,1H3. The minimum atomic E-state index is 0.701. The van der Waals surface area contributed by atoms with Gasteiger partial charge in [0, 0.05) is 6.04 Å². The Balaban J connectivity index is 2.05. The highest BCUT2D eigenvalue weighted by atomic mass is 15.3. The SMILES string of the molecule is CN1C2CCCC1NCC2. The first-order valence-corrected chi connectivity index (χ1v) is 4.33. The Morgan fingerprint density at radius 2 is 2.20 bits per heavy atom. The quantitative estimate of drug-likeness (QED) is 0.535. The number of piperidine rings is 1. The van der Waals surface area contributed by atoms with E-state index >= 15 is 0 Å². The van der Waals surface area contributed by atoms with Crippen LogP contribution in [0.3, 0.4) is 0 Å². The molecule has 2 heteroatoms. The lowest BCUT2D eigenvalue weighted by Crippen LogP contribution is -2.56. The van der Waals surface area contributed by atoms with Gasteiger partial charge in [-0.1, -0.05) is 0 Å². The number of fused-ring (bicyclic) bond motifs is 2. The number of hydrogen-bond donors (Lipinski definition) is 1. The molecule has 2 bridgehead atoms. The van der Waals surface area contributed by atoms with Gasteiger partial charge in [0.05, 0.1) is 6.17 Å². The molecule has 0 aliphatic carbocycles. The lowest BCUT2D eigenvalue weighted by molar-refractivity contribution is 0.0541. The zero-order valence-corrected chi connectivity index (χ0v) is 6.64. The topological polar surface area (TPSA) is 15.3 Å². The van der Waals surface area contributed by atoms with Gasteiger partial charge < -0.3 is 5.32 Å². The van der Waals surface area contributed by atoms with Gasteiger partial charge in [0.2, 0.25) is 0 Å². The summed E-state index contributed by atoms with van der Waals surface area (Å²) in [5, 5.41) is 3.53. The Kier molecular flexibility index (Phi) is 1.66. The molecular formula is C8H16N2. The molecule has 0 aromatic carbocycles. The van der Waals surface area contributed by atoms with E-state index in [2.05, 4.69) is 17.3 Å². The largest absolute Gasteiger partial charge is 0.302 e. The van der Waals surface area contributed by atoms with Crippen molar-refractivity contribution in [2.45, 2.75) is 37.9 Å². The van der Waals surface area contributed by atoms with Crippen LogP contribution in [0.4, 0.5) is 0 Å². The van der Waals surface area contributed by atoms with Crippen molar-refractivity contribution in [1.82, 2.24) is 10.2 Å². The summed E-state index contributed by atoms with van der Waals surface area (Å²) >= 11 is 0. The van der Waals surface area contributed by atoms with Gasteiger partial charge >= 0.3 is 0 Å². The summed E-state index contributed by atoms with van der Waals surface area (Å²) < 4.78 is 0. The van der Waals surface area contributed by atoms with E-state index < -0.39 is 0 Å². The zero-order valence-electron chi connectivity index (χ0n) is 6.64. The Morgan fingerprint density at radius 1 is 1.30 bits per heavy atom. The van der Waals surface area contributed by atoms with Crippen LogP contribution in [-0.4, -0.2) is 30.7 Å². The second-order valence-corrected chi connectivity index (χ2v) is 3.51. The van der Waals surface area contributed by atoms with Gasteiger partial charge in [-0.25, -0.2) is 0 Å². The molecule has 0 spiro atoms. The van der Waals surface area contributed by atoms with E-state index in [1.54, 1.807) is 0 Å². The fourth-order valence-corrected chi connectivity index (χ4v) is 2.22. The van der Waals surface area contributed by atoms with E-state index in [4.69, 9.17) is 0 Å². The molecule has 2 fully saturated rings. The van der Waals surface area contributed by atoms with Crippen molar-refractivity contribution in [3.63, 3.8) is 0 Å². The Hall–Kier alpha value is -0.0800. The molecule has 2 atom stereocenters. The van der Waals surface area contributed by atoms with Crippen LogP contribution in [0.1, 0.15) is 25.7 Å². The van der Waals surface area contributed by atoms with Crippen LogP contribution in [0.5, 0.6) is 0 Å². The van der Waals surface area contributed by atoms with Crippen LogP contribution in [-0.2, 0) is 0 Å². The van der Waals surface area contributed by atoms with Crippen LogP contribution in [0, 0.1) is 0 Å². The molecule has 2 saturated heterocycles. The smallest absolute Gasteiger partial charge is 0.0596 e. The molecule has 2 unspecified atom stereocenters. The molecule has 0 aromatic rings. The molecular weight excluding hydrogens is 124 g/mol. The van der Waals surface area contributed by atoms with Crippen molar-refractivity contribution in [1.29, 1.82) is 0 Å². The molecule has 2 heterocycles. The van der Waals surface area contributed by atoms with Gasteiger partial charge in [-0.3, -0.25) is 4.90 Å². The molecule has 1 N–H and O–H groups in total. The number of rotatable bonds is 0. The third-order valence-electron chi connectivity index (χ3n) is 2.94. The summed E-state index contributed by atoms with van der Waals surface area (Å²) in [6.07, 6.45) is 6.26. The van der Waals surface area contributed by atoms with E-state index in [9.17, 15) is 0 Å². The van der Waals surface area contributed by atoms with Crippen molar-refractivity contribution < 1.29 is 0 Å². The molecule has 0 amide bonds. The van der Waals surface area contributed by atoms with Crippen LogP contribution in [0.15, 0.2) is 0 Å². The van der Waals surface area contributed by atoms with Gasteiger partial charge in [-0.15, -0.1) is 0 Å². The Bertz CT molecular complexity index is 102. The second-order valence-electron chi connectivity index (χ2n) is 3.51. The highest BCUT2D eigenvalue weighted by molar-refractivity contribution is 4.85. The van der Waals surface area contributed by atoms with E-state index in [1.807, 2.05) is 0 Å². The van der Waals surface area contributed by atoms with E-state index in [1.165, 1.54) is 32.2 Å². The zero-order chi connectivity index (χ0) is 6.97. The first kappa shape index (κ1) is 6.62. The highest BCUT2D eigenvalue weighted by Gasteiger charge is 2.29. The normalized spacial score (nSPS) is 41.7. The van der Waals surface area contributed by atoms with Gasteiger partial charge in [0.25, 0.3) is 0 Å². The van der Waals surface area contributed by atoms with E-state index in [0.717, 1.165) is 6.04 Å². The van der Waals surface area contributed by atoms with Gasteiger partial charge in [0.1, 0.15) is 0 Å². The van der Waals surface area contributed by atoms with Crippen LogP contribution in [0.25, 0.3) is 0 Å². The molecule has 10 heavy (non-hydrogen) atoms. The van der Waals surface area contributed by atoms with E-state index in [-0.39, 0.29) is 0 Å². The van der Waals surface area contributed by atoms with Gasteiger partial charge in [0.15, 0.2) is 0 Å². The third-order valence-corrected chi connectivity index (χ3v) is 2.94. The summed E-state index contributed by atoms with van der Waals surface area (Å²) in [5.74, 6) is 0. The lowest BCUT2D eigenvalue weighted by Gasteiger charge is -2.44. The molecule has 2 aliphatic rings. The molecule has 0 saturated carbocycles. The predicted octanol–water partition coefficient (Wildman–Crippen LogP) is 0.790. The summed E-state index contributed by atoms with van der Waals surface area (Å²) in [7, 11) is 2.25. The fraction of sp³-hybridized carbons (Fsp3) is 1.00. The summed E-state index contributed by atoms with van der Waals surface area (Å²) in [5.41, 5.74) is 0. The van der Waals surface area contributed by atoms with Crippen molar-refractivity contribution >= 4 is 0 Å². The minimum Gasteiger partial charge on any atom is -0.302 e. The molecule has 2 nitrogen and oxygen atoms in total. The van der Waals surface area contributed by atoms with Gasteiger partial charge in [-0.2, -0.15) is 0 Å². The number of nitrogens with zero attached hydrogens (tertiary/aromatic N) is 1. The van der Waals surface area contributed by atoms with Crippen molar-refractivity contribution in [3.8, 4) is 0 Å². The Morgan fingerprint density at radius 3 is 2.90 bits per heavy atom. The first-order chi connectivity index (χ1) is 4.88. The molecule has 2 aliphatic heterocycles. The monoisotopic (exact) mass is 140 g/mol. The molecule has 0 aromatic heterocycles. The maximum atomic E-state index is 3.53. The summed E-state index contributed by atoms with van der Waals surface area (Å²) in [6.45, 7) is 1.24. The second kappa shape index (κ2) is 2.51. The molecule has 2 rings (SSSR count). The lowest BCUT2D eigenvalue weighted by atomic mass is 9.95. The van der Waals surface area contributed by atoms with Crippen molar-refractivity contribution in [3.05, 3.63) is 0 Å². The van der Waals surface area contributed by atoms with Crippen LogP contribution < -0.4 is 5.32 Å². The maximum Gasteiger partial charge on any atom is 0.0596 e. The fourth-order valence-electron chi connectivity index (χ4n) is 2.22. The average Bonchev–Trinajstić information content (AvgIpc) is 1.86. The number of hydrogen-bond acceptors (Lipinski definition) is 2. The molecule has 58 valence electrons. The van der Waals surface area contributed by atoms with Crippen LogP contribution in [0.2, 0.25) is 0 Å². The number of nitrogens with one attached hydrogen (secondary N) is 1. The van der Waals surface area contributed by atoms with Crippen molar-refractivity contribution in [2.24, 2.45) is 0 Å². The maximum absolute atomic E-state index is 3.53. The van der Waals surface area contributed by atoms with E-state index in [0.29, 0.717) is 6.17 Å². The Labute approximate surface area is 62.6 Å². The van der Waals surface area contributed by atoms with Crippen LogP contribution >= 0.6 is 0 Å².